The van der Waals surface area contributed by atoms with Gasteiger partial charge in [-0.15, -0.1) is 0 Å². The summed E-state index contributed by atoms with van der Waals surface area (Å²) >= 11 is 0. The summed E-state index contributed by atoms with van der Waals surface area (Å²) in [7, 11) is 0. The molecule has 0 unspecified atom stereocenters. The number of hydrogen-bond acceptors (Lipinski definition) is 1. The summed E-state index contributed by atoms with van der Waals surface area (Å²) in [5.74, 6) is -0.562. The minimum Gasteiger partial charge on any atom is -0.257 e. The van der Waals surface area contributed by atoms with Gasteiger partial charge in [-0.25, -0.2) is 8.78 Å². The standard InChI is InChI=1S/C19H17F2N/c1-3-13-5-4-6-15-16(13)10-19(22-11-18(15)21)14-7-8-17(20)12(2)9-14/h4-9,11H,3,10H2,1-2H3. The smallest absolute Gasteiger partial charge is 0.148 e. The molecule has 0 atom stereocenters. The van der Waals surface area contributed by atoms with Gasteiger partial charge in [0.25, 0.3) is 0 Å². The molecular weight excluding hydrogens is 280 g/mol. The molecule has 0 aliphatic carbocycles. The molecule has 1 heterocycles. The van der Waals surface area contributed by atoms with Crippen LogP contribution in [0.25, 0.3) is 5.83 Å². The Morgan fingerprint density at radius 2 is 1.95 bits per heavy atom. The van der Waals surface area contributed by atoms with Gasteiger partial charge in [-0.3, -0.25) is 4.99 Å². The first-order chi connectivity index (χ1) is 10.6. The second kappa shape index (κ2) is 5.84. The maximum Gasteiger partial charge on any atom is 0.148 e. The first-order valence-corrected chi connectivity index (χ1v) is 7.40. The van der Waals surface area contributed by atoms with E-state index in [0.29, 0.717) is 17.5 Å². The minimum atomic E-state index is -0.320. The number of aryl methyl sites for hydroxylation is 2. The molecule has 3 heteroatoms. The van der Waals surface area contributed by atoms with Gasteiger partial charge in [-0.05, 0) is 47.7 Å². The average Bonchev–Trinajstić information content (AvgIpc) is 2.69. The monoisotopic (exact) mass is 297 g/mol. The van der Waals surface area contributed by atoms with Crippen molar-refractivity contribution in [1.29, 1.82) is 0 Å². The van der Waals surface area contributed by atoms with Crippen LogP contribution in [-0.4, -0.2) is 5.71 Å². The van der Waals surface area contributed by atoms with Crippen molar-refractivity contribution >= 4 is 11.5 Å². The van der Waals surface area contributed by atoms with E-state index >= 15 is 0 Å². The Morgan fingerprint density at radius 1 is 1.14 bits per heavy atom. The third kappa shape index (κ3) is 2.59. The molecule has 0 saturated carbocycles. The fourth-order valence-electron chi connectivity index (χ4n) is 2.82. The number of fused-ring (bicyclic) bond motifs is 1. The van der Waals surface area contributed by atoms with Gasteiger partial charge >= 0.3 is 0 Å². The van der Waals surface area contributed by atoms with Crippen molar-refractivity contribution in [2.45, 2.75) is 26.7 Å². The lowest BCUT2D eigenvalue weighted by molar-refractivity contribution is 0.618. The average molecular weight is 297 g/mol. The molecule has 0 fully saturated rings. The van der Waals surface area contributed by atoms with E-state index < -0.39 is 0 Å². The van der Waals surface area contributed by atoms with Crippen LogP contribution in [0.5, 0.6) is 0 Å². The second-order valence-corrected chi connectivity index (χ2v) is 5.49. The number of halogens is 2. The van der Waals surface area contributed by atoms with Gasteiger partial charge in [0, 0.05) is 12.0 Å². The zero-order valence-electron chi connectivity index (χ0n) is 12.7. The van der Waals surface area contributed by atoms with E-state index in [2.05, 4.69) is 11.9 Å². The Balaban J connectivity index is 2.10. The summed E-state index contributed by atoms with van der Waals surface area (Å²) in [5, 5.41) is 0. The summed E-state index contributed by atoms with van der Waals surface area (Å²) < 4.78 is 27.7. The van der Waals surface area contributed by atoms with Gasteiger partial charge in [-0.2, -0.15) is 0 Å². The van der Waals surface area contributed by atoms with Crippen LogP contribution >= 0.6 is 0 Å². The Morgan fingerprint density at radius 3 is 2.68 bits per heavy atom. The van der Waals surface area contributed by atoms with Crippen molar-refractivity contribution < 1.29 is 8.78 Å². The van der Waals surface area contributed by atoms with Crippen LogP contribution in [0.1, 0.15) is 34.7 Å². The highest BCUT2D eigenvalue weighted by Crippen LogP contribution is 2.28. The number of nitrogens with zero attached hydrogens (tertiary/aromatic N) is 1. The SMILES string of the molecule is CCc1cccc2c1CC(c1ccc(F)c(C)c1)=NC=C2F. The van der Waals surface area contributed by atoms with E-state index in [0.717, 1.165) is 28.8 Å². The predicted molar refractivity (Wildman–Crippen MR) is 86.3 cm³/mol. The lowest BCUT2D eigenvalue weighted by Crippen LogP contribution is -2.08. The van der Waals surface area contributed by atoms with Crippen molar-refractivity contribution in [1.82, 2.24) is 0 Å². The van der Waals surface area contributed by atoms with Crippen LogP contribution < -0.4 is 0 Å². The normalized spacial score (nSPS) is 14.0. The van der Waals surface area contributed by atoms with Crippen LogP contribution in [-0.2, 0) is 12.8 Å². The highest BCUT2D eigenvalue weighted by molar-refractivity contribution is 6.04. The molecule has 0 saturated heterocycles. The molecule has 1 aliphatic heterocycles. The van der Waals surface area contributed by atoms with Crippen molar-refractivity contribution in [2.24, 2.45) is 4.99 Å². The van der Waals surface area contributed by atoms with E-state index in [1.807, 2.05) is 12.1 Å². The quantitative estimate of drug-likeness (QED) is 0.739. The van der Waals surface area contributed by atoms with Crippen LogP contribution in [0.15, 0.2) is 47.6 Å². The van der Waals surface area contributed by atoms with Gasteiger partial charge in [0.15, 0.2) is 0 Å². The molecule has 1 nitrogen and oxygen atoms in total. The van der Waals surface area contributed by atoms with E-state index in [1.54, 1.807) is 25.1 Å². The summed E-state index contributed by atoms with van der Waals surface area (Å²) in [6.07, 6.45) is 2.65. The zero-order valence-corrected chi connectivity index (χ0v) is 12.7. The molecule has 112 valence electrons. The molecule has 2 aromatic carbocycles. The van der Waals surface area contributed by atoms with Crippen molar-refractivity contribution in [3.8, 4) is 0 Å². The Kier molecular flexibility index (Phi) is 3.88. The Hall–Kier alpha value is -2.29. The van der Waals surface area contributed by atoms with Gasteiger partial charge < -0.3 is 0 Å². The molecule has 0 radical (unpaired) electrons. The van der Waals surface area contributed by atoms with E-state index in [9.17, 15) is 8.78 Å². The first kappa shape index (κ1) is 14.6. The van der Waals surface area contributed by atoms with E-state index in [1.165, 1.54) is 12.3 Å². The third-order valence-electron chi connectivity index (χ3n) is 4.08. The molecule has 2 aromatic rings. The predicted octanol–water partition coefficient (Wildman–Crippen LogP) is 5.01. The largest absolute Gasteiger partial charge is 0.257 e. The van der Waals surface area contributed by atoms with Gasteiger partial charge in [0.2, 0.25) is 0 Å². The fraction of sp³-hybridized carbons (Fsp3) is 0.211. The van der Waals surface area contributed by atoms with E-state index in [4.69, 9.17) is 0 Å². The Bertz CT molecular complexity index is 788. The second-order valence-electron chi connectivity index (χ2n) is 5.49. The van der Waals surface area contributed by atoms with E-state index in [-0.39, 0.29) is 11.6 Å². The molecule has 1 aliphatic rings. The maximum atomic E-state index is 14.3. The zero-order chi connectivity index (χ0) is 15.7. The lowest BCUT2D eigenvalue weighted by atomic mass is 9.92. The molecule has 0 spiro atoms. The number of rotatable bonds is 2. The minimum absolute atomic E-state index is 0.241. The van der Waals surface area contributed by atoms with Crippen LogP contribution in [0.3, 0.4) is 0 Å². The fourth-order valence-corrected chi connectivity index (χ4v) is 2.82. The van der Waals surface area contributed by atoms with Gasteiger partial charge in [0.1, 0.15) is 11.6 Å². The molecule has 0 bridgehead atoms. The molecule has 3 rings (SSSR count). The Labute approximate surface area is 129 Å². The summed E-state index contributed by atoms with van der Waals surface area (Å²) in [6, 6.07) is 10.6. The molecule has 22 heavy (non-hydrogen) atoms. The number of hydrogen-bond donors (Lipinski definition) is 0. The molecule has 0 amide bonds. The number of aliphatic imine (C=N–C) groups is 1. The summed E-state index contributed by atoms with van der Waals surface area (Å²) in [4.78, 5) is 4.29. The van der Waals surface area contributed by atoms with Gasteiger partial charge in [0.05, 0.1) is 11.9 Å². The molecule has 0 aromatic heterocycles. The highest BCUT2D eigenvalue weighted by Gasteiger charge is 2.18. The topological polar surface area (TPSA) is 12.4 Å². The van der Waals surface area contributed by atoms with Crippen LogP contribution in [0.2, 0.25) is 0 Å². The highest BCUT2D eigenvalue weighted by atomic mass is 19.1. The molecule has 0 N–H and O–H groups in total. The van der Waals surface area contributed by atoms with Crippen molar-refractivity contribution in [2.75, 3.05) is 0 Å². The third-order valence-corrected chi connectivity index (χ3v) is 4.08. The number of benzene rings is 2. The summed E-state index contributed by atoms with van der Waals surface area (Å²) in [5.41, 5.74) is 4.86. The van der Waals surface area contributed by atoms with Crippen LogP contribution in [0.4, 0.5) is 8.78 Å². The molecular formula is C19H17F2N. The first-order valence-electron chi connectivity index (χ1n) is 7.40. The maximum absolute atomic E-state index is 14.3. The summed E-state index contributed by atoms with van der Waals surface area (Å²) in [6.45, 7) is 3.78. The lowest BCUT2D eigenvalue weighted by Gasteiger charge is -2.12. The van der Waals surface area contributed by atoms with Gasteiger partial charge in [-0.1, -0.05) is 31.2 Å². The van der Waals surface area contributed by atoms with Crippen LogP contribution in [0, 0.1) is 12.7 Å². The van der Waals surface area contributed by atoms with Crippen molar-refractivity contribution in [3.63, 3.8) is 0 Å². The van der Waals surface area contributed by atoms with Crippen molar-refractivity contribution in [3.05, 3.63) is 76.2 Å².